The minimum atomic E-state index is 0.182. The molecule has 2 aromatic rings. The predicted octanol–water partition coefficient (Wildman–Crippen LogP) is 2.20. The molecule has 1 saturated heterocycles. The molecule has 1 fully saturated rings. The van der Waals surface area contributed by atoms with E-state index in [4.69, 9.17) is 4.74 Å². The summed E-state index contributed by atoms with van der Waals surface area (Å²) in [5.41, 5.74) is 1.22. The average Bonchev–Trinajstić information content (AvgIpc) is 2.56. The Balaban J connectivity index is 1.63. The Labute approximate surface area is 137 Å². The molecule has 0 bridgehead atoms. The number of morpholine rings is 1. The van der Waals surface area contributed by atoms with Crippen molar-refractivity contribution < 1.29 is 4.74 Å². The molecule has 122 valence electrons. The molecule has 5 nitrogen and oxygen atoms in total. The van der Waals surface area contributed by atoms with Gasteiger partial charge in [-0.2, -0.15) is 0 Å². The topological polar surface area (TPSA) is 50.3 Å². The average molecular weight is 312 g/mol. The van der Waals surface area contributed by atoms with Crippen molar-refractivity contribution in [1.82, 2.24) is 14.9 Å². The molecule has 2 unspecified atom stereocenters. The first kappa shape index (κ1) is 15.9. The number of likely N-dealkylation sites (N-methyl/N-ethyl adjacent to an activating group) is 1. The fourth-order valence-electron chi connectivity index (χ4n) is 2.78. The van der Waals surface area contributed by atoms with Crippen molar-refractivity contribution in [3.05, 3.63) is 54.0 Å². The number of rotatable bonds is 5. The lowest BCUT2D eigenvalue weighted by Gasteiger charge is -2.34. The number of hydrogen-bond donors (Lipinski definition) is 1. The molecule has 2 atom stereocenters. The van der Waals surface area contributed by atoms with Crippen LogP contribution in [-0.2, 0) is 11.2 Å². The van der Waals surface area contributed by atoms with Crippen LogP contribution in [0.15, 0.2) is 42.6 Å². The van der Waals surface area contributed by atoms with Gasteiger partial charge in [0.15, 0.2) is 0 Å². The third-order valence-electron chi connectivity index (χ3n) is 4.14. The highest BCUT2D eigenvalue weighted by atomic mass is 16.5. The molecular weight excluding hydrogens is 288 g/mol. The van der Waals surface area contributed by atoms with Gasteiger partial charge in [0.05, 0.1) is 18.8 Å². The number of anilines is 1. The van der Waals surface area contributed by atoms with Crippen molar-refractivity contribution in [2.45, 2.75) is 25.5 Å². The van der Waals surface area contributed by atoms with E-state index in [0.29, 0.717) is 0 Å². The van der Waals surface area contributed by atoms with Crippen LogP contribution in [0.3, 0.4) is 0 Å². The summed E-state index contributed by atoms with van der Waals surface area (Å²) >= 11 is 0. The first-order valence-electron chi connectivity index (χ1n) is 8.13. The zero-order chi connectivity index (χ0) is 16.1. The first-order valence-corrected chi connectivity index (χ1v) is 8.13. The Morgan fingerprint density at radius 2 is 2.13 bits per heavy atom. The molecule has 1 aromatic heterocycles. The molecule has 1 aromatic carbocycles. The maximum Gasteiger partial charge on any atom is 0.135 e. The lowest BCUT2D eigenvalue weighted by molar-refractivity contribution is -0.0260. The molecule has 23 heavy (non-hydrogen) atoms. The second kappa shape index (κ2) is 7.53. The molecule has 2 heterocycles. The number of hydrogen-bond acceptors (Lipinski definition) is 5. The molecule has 1 aliphatic heterocycles. The summed E-state index contributed by atoms with van der Waals surface area (Å²) in [7, 11) is 2.13. The van der Waals surface area contributed by atoms with E-state index in [2.05, 4.69) is 46.3 Å². The van der Waals surface area contributed by atoms with E-state index in [-0.39, 0.29) is 12.1 Å². The zero-order valence-electron chi connectivity index (χ0n) is 13.8. The van der Waals surface area contributed by atoms with Crippen LogP contribution in [0.25, 0.3) is 0 Å². The van der Waals surface area contributed by atoms with Crippen LogP contribution < -0.4 is 5.32 Å². The fraction of sp³-hybridized carbons (Fsp3) is 0.444. The van der Waals surface area contributed by atoms with E-state index in [1.807, 2.05) is 30.5 Å². The van der Waals surface area contributed by atoms with E-state index in [0.717, 1.165) is 37.8 Å². The summed E-state index contributed by atoms with van der Waals surface area (Å²) < 4.78 is 5.86. The summed E-state index contributed by atoms with van der Waals surface area (Å²) in [6.07, 6.45) is 2.74. The highest BCUT2D eigenvalue weighted by molar-refractivity contribution is 5.35. The summed E-state index contributed by atoms with van der Waals surface area (Å²) in [5.74, 6) is 1.69. The molecule has 0 saturated carbocycles. The van der Waals surface area contributed by atoms with Crippen LogP contribution in [0.5, 0.6) is 0 Å². The van der Waals surface area contributed by atoms with Crippen molar-refractivity contribution in [3.8, 4) is 0 Å². The van der Waals surface area contributed by atoms with Crippen molar-refractivity contribution in [2.75, 3.05) is 32.1 Å². The Bertz CT molecular complexity index is 619. The Kier molecular flexibility index (Phi) is 5.20. The molecule has 0 aliphatic carbocycles. The zero-order valence-corrected chi connectivity index (χ0v) is 13.8. The van der Waals surface area contributed by atoms with E-state index in [1.165, 1.54) is 5.56 Å². The van der Waals surface area contributed by atoms with Gasteiger partial charge in [-0.05, 0) is 25.6 Å². The van der Waals surface area contributed by atoms with E-state index in [9.17, 15) is 0 Å². The van der Waals surface area contributed by atoms with Gasteiger partial charge in [-0.3, -0.25) is 0 Å². The molecule has 5 heteroatoms. The van der Waals surface area contributed by atoms with E-state index in [1.54, 1.807) is 0 Å². The number of benzene rings is 1. The molecule has 0 radical (unpaired) electrons. The number of ether oxygens (including phenoxy) is 1. The highest BCUT2D eigenvalue weighted by Crippen LogP contribution is 2.13. The van der Waals surface area contributed by atoms with Crippen molar-refractivity contribution in [3.63, 3.8) is 0 Å². The third-order valence-corrected chi connectivity index (χ3v) is 4.14. The van der Waals surface area contributed by atoms with Crippen LogP contribution >= 0.6 is 0 Å². The molecular formula is C18H24N4O. The smallest absolute Gasteiger partial charge is 0.135 e. The Morgan fingerprint density at radius 1 is 1.30 bits per heavy atom. The van der Waals surface area contributed by atoms with E-state index < -0.39 is 0 Å². The second-order valence-electron chi connectivity index (χ2n) is 6.12. The normalized spacial score (nSPS) is 20.2. The highest BCUT2D eigenvalue weighted by Gasteiger charge is 2.23. The van der Waals surface area contributed by atoms with Gasteiger partial charge < -0.3 is 15.0 Å². The first-order chi connectivity index (χ1) is 11.2. The van der Waals surface area contributed by atoms with Crippen molar-refractivity contribution >= 4 is 5.82 Å². The van der Waals surface area contributed by atoms with Crippen LogP contribution in [-0.4, -0.2) is 53.8 Å². The minimum absolute atomic E-state index is 0.182. The van der Waals surface area contributed by atoms with Gasteiger partial charge in [0, 0.05) is 25.7 Å². The number of nitrogens with one attached hydrogen (secondary N) is 1. The molecule has 3 rings (SSSR count). The van der Waals surface area contributed by atoms with Gasteiger partial charge in [0.25, 0.3) is 0 Å². The maximum absolute atomic E-state index is 5.86. The SMILES string of the molecule is CC(Nc1ccnc(Cc2ccccc2)n1)C1CN(C)CCO1. The molecule has 0 spiro atoms. The van der Waals surface area contributed by atoms with Gasteiger partial charge in [0.1, 0.15) is 11.6 Å². The molecule has 1 N–H and O–H groups in total. The summed E-state index contributed by atoms with van der Waals surface area (Å²) in [5, 5.41) is 3.46. The van der Waals surface area contributed by atoms with Gasteiger partial charge in [-0.1, -0.05) is 30.3 Å². The maximum atomic E-state index is 5.86. The Morgan fingerprint density at radius 3 is 2.91 bits per heavy atom. The quantitative estimate of drug-likeness (QED) is 0.917. The van der Waals surface area contributed by atoms with Gasteiger partial charge >= 0.3 is 0 Å². The molecule has 0 amide bonds. The van der Waals surface area contributed by atoms with Gasteiger partial charge in [0.2, 0.25) is 0 Å². The monoisotopic (exact) mass is 312 g/mol. The van der Waals surface area contributed by atoms with Crippen molar-refractivity contribution in [1.29, 1.82) is 0 Å². The predicted molar refractivity (Wildman–Crippen MR) is 91.6 cm³/mol. The van der Waals surface area contributed by atoms with Crippen LogP contribution in [0, 0.1) is 0 Å². The van der Waals surface area contributed by atoms with Crippen molar-refractivity contribution in [2.24, 2.45) is 0 Å². The van der Waals surface area contributed by atoms with Crippen LogP contribution in [0.2, 0.25) is 0 Å². The lowest BCUT2D eigenvalue weighted by Crippen LogP contribution is -2.47. The Hall–Kier alpha value is -1.98. The summed E-state index contributed by atoms with van der Waals surface area (Å²) in [6.45, 7) is 4.87. The third kappa shape index (κ3) is 4.50. The van der Waals surface area contributed by atoms with Crippen LogP contribution in [0.1, 0.15) is 18.3 Å². The lowest BCUT2D eigenvalue weighted by atomic mass is 10.1. The summed E-state index contributed by atoms with van der Waals surface area (Å²) in [4.78, 5) is 11.3. The van der Waals surface area contributed by atoms with Gasteiger partial charge in [-0.25, -0.2) is 9.97 Å². The number of nitrogens with zero attached hydrogens (tertiary/aromatic N) is 3. The largest absolute Gasteiger partial charge is 0.373 e. The standard InChI is InChI=1S/C18H24N4O/c1-14(16-13-22(2)10-11-23-16)20-17-8-9-19-18(21-17)12-15-6-4-3-5-7-15/h3-9,14,16H,10-13H2,1-2H3,(H,19,20,21). The minimum Gasteiger partial charge on any atom is -0.373 e. The van der Waals surface area contributed by atoms with Crippen LogP contribution in [0.4, 0.5) is 5.82 Å². The molecule has 1 aliphatic rings. The van der Waals surface area contributed by atoms with E-state index >= 15 is 0 Å². The van der Waals surface area contributed by atoms with Gasteiger partial charge in [-0.15, -0.1) is 0 Å². The second-order valence-corrected chi connectivity index (χ2v) is 6.12. The summed E-state index contributed by atoms with van der Waals surface area (Å²) in [6, 6.07) is 12.4. The fourth-order valence-corrected chi connectivity index (χ4v) is 2.78. The number of aromatic nitrogens is 2.